The average molecular weight is 1010 g/mol. The van der Waals surface area contributed by atoms with E-state index in [1.54, 1.807) is 0 Å². The highest BCUT2D eigenvalue weighted by Crippen LogP contribution is 2.64. The van der Waals surface area contributed by atoms with Gasteiger partial charge in [0.2, 0.25) is 0 Å². The molecule has 2 aliphatic carbocycles. The zero-order chi connectivity index (χ0) is 53.1. The van der Waals surface area contributed by atoms with Crippen LogP contribution < -0.4 is 9.80 Å². The van der Waals surface area contributed by atoms with E-state index in [-0.39, 0.29) is 5.41 Å². The Morgan fingerprint density at radius 1 is 0.228 bits per heavy atom. The van der Waals surface area contributed by atoms with Gasteiger partial charge in [0.1, 0.15) is 0 Å². The standard InChI is InChI=1S/C77H58N2/c1-76(2,3)61-36-47-69-71-49-46-67(79(64-41-32-59(33-42-64)55-22-12-6-13-23-55)65-43-34-60(35-44-65)56-24-14-7-15-25-56)52-75(71)77(73(69)50-61)72-27-17-16-26-68(72)70-48-45-66(51-74(70)77)78(62-37-28-57(29-38-62)53-18-8-4-9-19-53)63-39-30-58(31-40-63)54-20-10-5-11-21-54/h4-52H,1-3H3. The Balaban J connectivity index is 0.983. The van der Waals surface area contributed by atoms with Crippen LogP contribution in [0.4, 0.5) is 34.1 Å². The molecule has 12 aromatic carbocycles. The summed E-state index contributed by atoms with van der Waals surface area (Å²) in [6.07, 6.45) is 0. The normalized spacial score (nSPS) is 13.8. The fourth-order valence-electron chi connectivity index (χ4n) is 12.5. The van der Waals surface area contributed by atoms with Crippen LogP contribution in [0.5, 0.6) is 0 Å². The molecule has 12 aromatic rings. The van der Waals surface area contributed by atoms with Crippen LogP contribution >= 0.6 is 0 Å². The van der Waals surface area contributed by atoms with Crippen molar-refractivity contribution in [3.8, 4) is 66.8 Å². The van der Waals surface area contributed by atoms with Crippen LogP contribution in [0, 0.1) is 0 Å². The number of anilines is 6. The first-order valence-electron chi connectivity index (χ1n) is 27.6. The van der Waals surface area contributed by atoms with Crippen LogP contribution in [-0.2, 0) is 10.8 Å². The second kappa shape index (κ2) is 19.4. The third kappa shape index (κ3) is 8.27. The van der Waals surface area contributed by atoms with Gasteiger partial charge in [0.05, 0.1) is 5.41 Å². The fraction of sp³-hybridized carbons (Fsp3) is 0.0649. The highest BCUT2D eigenvalue weighted by Gasteiger charge is 2.52. The summed E-state index contributed by atoms with van der Waals surface area (Å²) in [5, 5.41) is 0. The third-order valence-corrected chi connectivity index (χ3v) is 16.5. The van der Waals surface area contributed by atoms with Crippen molar-refractivity contribution < 1.29 is 0 Å². The van der Waals surface area contributed by atoms with Crippen molar-refractivity contribution in [1.82, 2.24) is 0 Å². The van der Waals surface area contributed by atoms with E-state index >= 15 is 0 Å². The molecule has 376 valence electrons. The molecule has 0 saturated heterocycles. The molecule has 0 N–H and O–H groups in total. The fourth-order valence-corrected chi connectivity index (χ4v) is 12.5. The topological polar surface area (TPSA) is 6.48 Å². The quantitative estimate of drug-likeness (QED) is 0.135. The molecule has 2 heteroatoms. The van der Waals surface area contributed by atoms with Crippen molar-refractivity contribution in [3.05, 3.63) is 325 Å². The summed E-state index contributed by atoms with van der Waals surface area (Å²) in [4.78, 5) is 4.89. The monoisotopic (exact) mass is 1010 g/mol. The van der Waals surface area contributed by atoms with Gasteiger partial charge in [-0.15, -0.1) is 0 Å². The maximum absolute atomic E-state index is 2.54. The lowest BCUT2D eigenvalue weighted by Crippen LogP contribution is -2.27. The Hall–Kier alpha value is -9.76. The van der Waals surface area contributed by atoms with Gasteiger partial charge in [-0.25, -0.2) is 0 Å². The Kier molecular flexibility index (Phi) is 11.7. The first kappa shape index (κ1) is 47.7. The van der Waals surface area contributed by atoms with E-state index < -0.39 is 5.41 Å². The van der Waals surface area contributed by atoms with Gasteiger partial charge in [-0.1, -0.05) is 245 Å². The van der Waals surface area contributed by atoms with E-state index in [4.69, 9.17) is 0 Å². The van der Waals surface area contributed by atoms with Gasteiger partial charge >= 0.3 is 0 Å². The van der Waals surface area contributed by atoms with Crippen molar-refractivity contribution in [2.75, 3.05) is 9.80 Å². The Morgan fingerprint density at radius 3 is 0.835 bits per heavy atom. The molecule has 0 aromatic heterocycles. The predicted octanol–water partition coefficient (Wildman–Crippen LogP) is 20.9. The molecule has 0 fully saturated rings. The van der Waals surface area contributed by atoms with E-state index in [0.717, 1.165) is 34.1 Å². The van der Waals surface area contributed by atoms with Crippen molar-refractivity contribution in [3.63, 3.8) is 0 Å². The van der Waals surface area contributed by atoms with E-state index in [9.17, 15) is 0 Å². The van der Waals surface area contributed by atoms with Crippen molar-refractivity contribution >= 4 is 34.1 Å². The molecule has 0 radical (unpaired) electrons. The summed E-state index contributed by atoms with van der Waals surface area (Å²) in [6.45, 7) is 7.01. The van der Waals surface area contributed by atoms with Crippen LogP contribution in [-0.4, -0.2) is 0 Å². The van der Waals surface area contributed by atoms with E-state index in [0.29, 0.717) is 0 Å². The van der Waals surface area contributed by atoms with Gasteiger partial charge in [0.25, 0.3) is 0 Å². The van der Waals surface area contributed by atoms with Gasteiger partial charge in [0, 0.05) is 34.1 Å². The molecule has 0 bridgehead atoms. The van der Waals surface area contributed by atoms with Gasteiger partial charge in [-0.3, -0.25) is 0 Å². The van der Waals surface area contributed by atoms with Crippen molar-refractivity contribution in [2.45, 2.75) is 31.6 Å². The second-order valence-electron chi connectivity index (χ2n) is 22.1. The van der Waals surface area contributed by atoms with Crippen molar-refractivity contribution in [2.24, 2.45) is 0 Å². The maximum atomic E-state index is 2.54. The smallest absolute Gasteiger partial charge is 0.0727 e. The minimum absolute atomic E-state index is 0.0811. The molecule has 2 nitrogen and oxygen atoms in total. The molecule has 0 amide bonds. The third-order valence-electron chi connectivity index (χ3n) is 16.5. The summed E-state index contributed by atoms with van der Waals surface area (Å²) in [5.41, 5.74) is 27.0. The second-order valence-corrected chi connectivity index (χ2v) is 22.1. The van der Waals surface area contributed by atoms with Gasteiger partial charge in [-0.2, -0.15) is 0 Å². The predicted molar refractivity (Wildman–Crippen MR) is 333 cm³/mol. The van der Waals surface area contributed by atoms with Crippen LogP contribution in [0.1, 0.15) is 48.6 Å². The van der Waals surface area contributed by atoms with E-state index in [2.05, 4.69) is 328 Å². The molecule has 79 heavy (non-hydrogen) atoms. The first-order valence-corrected chi connectivity index (χ1v) is 27.6. The SMILES string of the molecule is CC(C)(C)c1ccc2c(c1)C1(c3ccccc3-c3ccc(N(c4ccc(-c5ccccc5)cc4)c4ccc(-c5ccccc5)cc4)cc31)c1cc(N(c3ccc(-c4ccccc4)cc3)c3ccc(-c4ccccc4)cc3)ccc1-2. The minimum Gasteiger partial charge on any atom is -0.310 e. The van der Waals surface area contributed by atoms with Crippen LogP contribution in [0.15, 0.2) is 297 Å². The average Bonchev–Trinajstić information content (AvgIpc) is 2.23. The van der Waals surface area contributed by atoms with Crippen LogP contribution in [0.25, 0.3) is 66.8 Å². The molecule has 1 unspecified atom stereocenters. The number of fused-ring (bicyclic) bond motifs is 10. The molecular formula is C77H58N2. The minimum atomic E-state index is -0.649. The lowest BCUT2D eigenvalue weighted by atomic mass is 9.69. The van der Waals surface area contributed by atoms with E-state index in [1.165, 1.54) is 94.6 Å². The van der Waals surface area contributed by atoms with Gasteiger partial charge in [-0.05, 0) is 173 Å². The highest BCUT2D eigenvalue weighted by molar-refractivity contribution is 5.98. The number of hydrogen-bond donors (Lipinski definition) is 0. The highest BCUT2D eigenvalue weighted by atomic mass is 15.1. The Labute approximate surface area is 464 Å². The largest absolute Gasteiger partial charge is 0.310 e. The van der Waals surface area contributed by atoms with Crippen LogP contribution in [0.2, 0.25) is 0 Å². The molecule has 1 atom stereocenters. The number of hydrogen-bond acceptors (Lipinski definition) is 2. The number of rotatable bonds is 10. The lowest BCUT2D eigenvalue weighted by Gasteiger charge is -2.34. The zero-order valence-corrected chi connectivity index (χ0v) is 44.7. The molecule has 0 heterocycles. The summed E-state index contributed by atoms with van der Waals surface area (Å²) < 4.78 is 0. The van der Waals surface area contributed by atoms with E-state index in [1.807, 2.05) is 0 Å². The van der Waals surface area contributed by atoms with Crippen molar-refractivity contribution in [1.29, 1.82) is 0 Å². The molecule has 0 saturated carbocycles. The zero-order valence-electron chi connectivity index (χ0n) is 44.7. The first-order chi connectivity index (χ1) is 38.8. The molecular weight excluding hydrogens is 953 g/mol. The molecule has 0 aliphatic heterocycles. The Bertz CT molecular complexity index is 3810. The summed E-state index contributed by atoms with van der Waals surface area (Å²) >= 11 is 0. The van der Waals surface area contributed by atoms with Gasteiger partial charge < -0.3 is 9.80 Å². The lowest BCUT2D eigenvalue weighted by molar-refractivity contribution is 0.588. The molecule has 1 spiro atoms. The summed E-state index contributed by atoms with van der Waals surface area (Å²) in [7, 11) is 0. The molecule has 2 aliphatic rings. The summed E-state index contributed by atoms with van der Waals surface area (Å²) in [6, 6.07) is 110. The molecule has 14 rings (SSSR count). The van der Waals surface area contributed by atoms with Crippen LogP contribution in [0.3, 0.4) is 0 Å². The Morgan fingerprint density at radius 2 is 0.494 bits per heavy atom. The number of benzene rings is 12. The number of nitrogens with zero attached hydrogens (tertiary/aromatic N) is 2. The van der Waals surface area contributed by atoms with Gasteiger partial charge in [0.15, 0.2) is 0 Å². The maximum Gasteiger partial charge on any atom is 0.0727 e. The summed E-state index contributed by atoms with van der Waals surface area (Å²) in [5.74, 6) is 0.